The van der Waals surface area contributed by atoms with Crippen molar-refractivity contribution < 1.29 is 4.79 Å². The number of aromatic nitrogens is 1. The monoisotopic (exact) mass is 219 g/mol. The van der Waals surface area contributed by atoms with Crippen molar-refractivity contribution in [2.45, 2.75) is 38.6 Å². The molecule has 1 aromatic rings. The number of nitrogens with two attached hydrogens (primary N) is 1. The molecule has 16 heavy (non-hydrogen) atoms. The summed E-state index contributed by atoms with van der Waals surface area (Å²) in [5, 5.41) is 3.24. The Morgan fingerprint density at radius 1 is 1.62 bits per heavy atom. The smallest absolute Gasteiger partial charge is 0.219 e. The van der Waals surface area contributed by atoms with Crippen LogP contribution in [0.2, 0.25) is 0 Å². The number of aryl methyl sites for hydroxylation is 2. The van der Waals surface area contributed by atoms with Gasteiger partial charge in [0.25, 0.3) is 0 Å². The average molecular weight is 219 g/mol. The van der Waals surface area contributed by atoms with Crippen LogP contribution in [0.15, 0.2) is 12.3 Å². The van der Waals surface area contributed by atoms with Crippen molar-refractivity contribution in [2.75, 3.05) is 5.32 Å². The number of amides is 1. The van der Waals surface area contributed by atoms with Gasteiger partial charge in [-0.05, 0) is 37.8 Å². The van der Waals surface area contributed by atoms with E-state index in [2.05, 4.69) is 16.4 Å². The van der Waals surface area contributed by atoms with Gasteiger partial charge in [-0.15, -0.1) is 0 Å². The Morgan fingerprint density at radius 2 is 2.44 bits per heavy atom. The molecule has 86 valence electrons. The van der Waals surface area contributed by atoms with Crippen LogP contribution in [-0.2, 0) is 17.6 Å². The van der Waals surface area contributed by atoms with E-state index in [0.717, 1.165) is 18.5 Å². The molecule has 0 bridgehead atoms. The van der Waals surface area contributed by atoms with Crippen molar-refractivity contribution >= 4 is 11.6 Å². The van der Waals surface area contributed by atoms with Crippen LogP contribution in [0, 0.1) is 0 Å². The highest BCUT2D eigenvalue weighted by atomic mass is 16.1. The first-order valence-corrected chi connectivity index (χ1v) is 5.68. The molecule has 0 aliphatic heterocycles. The Kier molecular flexibility index (Phi) is 3.08. The molecule has 0 spiro atoms. The fraction of sp³-hybridized carbons (Fsp3) is 0.500. The van der Waals surface area contributed by atoms with E-state index in [1.165, 1.54) is 17.7 Å². The molecule has 1 heterocycles. The Morgan fingerprint density at radius 3 is 3.19 bits per heavy atom. The number of anilines is 1. The van der Waals surface area contributed by atoms with Crippen LogP contribution in [0.1, 0.15) is 31.0 Å². The highest BCUT2D eigenvalue weighted by Gasteiger charge is 2.13. The van der Waals surface area contributed by atoms with E-state index >= 15 is 0 Å². The van der Waals surface area contributed by atoms with E-state index in [0.29, 0.717) is 6.42 Å². The molecule has 1 aromatic heterocycles. The van der Waals surface area contributed by atoms with E-state index in [-0.39, 0.29) is 11.9 Å². The molecule has 1 amide bonds. The summed E-state index contributed by atoms with van der Waals surface area (Å²) >= 11 is 0. The van der Waals surface area contributed by atoms with Gasteiger partial charge in [0.2, 0.25) is 5.91 Å². The van der Waals surface area contributed by atoms with Gasteiger partial charge >= 0.3 is 0 Å². The van der Waals surface area contributed by atoms with Gasteiger partial charge in [0.1, 0.15) is 0 Å². The first kappa shape index (κ1) is 10.9. The molecule has 1 aliphatic rings. The molecule has 0 saturated heterocycles. The molecule has 2 rings (SSSR count). The molecule has 0 saturated carbocycles. The van der Waals surface area contributed by atoms with Crippen molar-refractivity contribution in [1.29, 1.82) is 0 Å². The van der Waals surface area contributed by atoms with E-state index in [1.807, 2.05) is 13.1 Å². The van der Waals surface area contributed by atoms with Gasteiger partial charge in [-0.3, -0.25) is 9.78 Å². The second-order valence-corrected chi connectivity index (χ2v) is 4.40. The predicted octanol–water partition coefficient (Wildman–Crippen LogP) is 1.25. The molecule has 0 aromatic carbocycles. The number of carbonyl (C=O) groups excluding carboxylic acids is 1. The highest BCUT2D eigenvalue weighted by Crippen LogP contribution is 2.22. The second-order valence-electron chi connectivity index (χ2n) is 4.40. The summed E-state index contributed by atoms with van der Waals surface area (Å²) in [7, 11) is 0. The fourth-order valence-electron chi connectivity index (χ4n) is 2.14. The Balaban J connectivity index is 2.02. The van der Waals surface area contributed by atoms with Crippen molar-refractivity contribution in [1.82, 2.24) is 4.98 Å². The Labute approximate surface area is 95.3 Å². The number of hydrogen-bond donors (Lipinski definition) is 2. The van der Waals surface area contributed by atoms with Gasteiger partial charge < -0.3 is 11.1 Å². The van der Waals surface area contributed by atoms with Gasteiger partial charge in [0, 0.05) is 18.2 Å². The summed E-state index contributed by atoms with van der Waals surface area (Å²) in [6.45, 7) is 1.94. The third kappa shape index (κ3) is 2.51. The first-order chi connectivity index (χ1) is 7.65. The number of primary amides is 1. The Bertz CT molecular complexity index is 403. The van der Waals surface area contributed by atoms with Crippen LogP contribution in [0.3, 0.4) is 0 Å². The highest BCUT2D eigenvalue weighted by molar-refractivity contribution is 5.74. The quantitative estimate of drug-likeness (QED) is 0.800. The predicted molar refractivity (Wildman–Crippen MR) is 63.2 cm³/mol. The van der Waals surface area contributed by atoms with Crippen molar-refractivity contribution in [3.05, 3.63) is 23.5 Å². The summed E-state index contributed by atoms with van der Waals surface area (Å²) in [6.07, 6.45) is 5.58. The lowest BCUT2D eigenvalue weighted by Crippen LogP contribution is -2.24. The molecule has 1 unspecified atom stereocenters. The number of hydrogen-bond acceptors (Lipinski definition) is 3. The van der Waals surface area contributed by atoms with Gasteiger partial charge in [-0.25, -0.2) is 0 Å². The van der Waals surface area contributed by atoms with E-state index in [1.54, 1.807) is 0 Å². The molecule has 3 N–H and O–H groups in total. The molecule has 1 atom stereocenters. The number of nitrogens with zero attached hydrogens (tertiary/aromatic N) is 1. The van der Waals surface area contributed by atoms with Gasteiger partial charge in [0.05, 0.1) is 11.9 Å². The topological polar surface area (TPSA) is 68.0 Å². The largest absolute Gasteiger partial charge is 0.381 e. The third-order valence-corrected chi connectivity index (χ3v) is 2.84. The lowest BCUT2D eigenvalue weighted by Gasteiger charge is -2.13. The van der Waals surface area contributed by atoms with Gasteiger partial charge in [-0.2, -0.15) is 0 Å². The van der Waals surface area contributed by atoms with E-state index in [4.69, 9.17) is 5.73 Å². The van der Waals surface area contributed by atoms with Crippen LogP contribution in [0.25, 0.3) is 0 Å². The SMILES string of the molecule is CC(CC(N)=O)Nc1cnc2c(c1)CCC2. The van der Waals surface area contributed by atoms with Crippen molar-refractivity contribution in [2.24, 2.45) is 5.73 Å². The molecule has 4 heteroatoms. The second kappa shape index (κ2) is 4.51. The van der Waals surface area contributed by atoms with Gasteiger partial charge in [0.15, 0.2) is 0 Å². The lowest BCUT2D eigenvalue weighted by molar-refractivity contribution is -0.118. The Hall–Kier alpha value is -1.58. The van der Waals surface area contributed by atoms with Crippen molar-refractivity contribution in [3.8, 4) is 0 Å². The minimum atomic E-state index is -0.283. The number of fused-ring (bicyclic) bond motifs is 1. The number of nitrogens with one attached hydrogen (secondary N) is 1. The van der Waals surface area contributed by atoms with Crippen LogP contribution >= 0.6 is 0 Å². The zero-order valence-electron chi connectivity index (χ0n) is 9.49. The van der Waals surface area contributed by atoms with Crippen LogP contribution < -0.4 is 11.1 Å². The maximum absolute atomic E-state index is 10.8. The standard InChI is InChI=1S/C12H17N3O/c1-8(5-12(13)16)15-10-6-9-3-2-4-11(9)14-7-10/h6-8,15H,2-5H2,1H3,(H2,13,16). The zero-order valence-corrected chi connectivity index (χ0v) is 9.49. The third-order valence-electron chi connectivity index (χ3n) is 2.84. The molecule has 4 nitrogen and oxygen atoms in total. The van der Waals surface area contributed by atoms with Crippen LogP contribution in [-0.4, -0.2) is 16.9 Å². The fourth-order valence-corrected chi connectivity index (χ4v) is 2.14. The lowest BCUT2D eigenvalue weighted by atomic mass is 10.2. The number of rotatable bonds is 4. The molecule has 1 aliphatic carbocycles. The summed E-state index contributed by atoms with van der Waals surface area (Å²) in [5.74, 6) is -0.283. The first-order valence-electron chi connectivity index (χ1n) is 5.68. The number of pyridine rings is 1. The summed E-state index contributed by atoms with van der Waals surface area (Å²) in [4.78, 5) is 15.2. The maximum Gasteiger partial charge on any atom is 0.219 e. The van der Waals surface area contributed by atoms with E-state index in [9.17, 15) is 4.79 Å². The van der Waals surface area contributed by atoms with Gasteiger partial charge in [-0.1, -0.05) is 0 Å². The minimum absolute atomic E-state index is 0.0544. The average Bonchev–Trinajstić information content (AvgIpc) is 2.63. The maximum atomic E-state index is 10.8. The molecular weight excluding hydrogens is 202 g/mol. The minimum Gasteiger partial charge on any atom is -0.381 e. The molecule has 0 fully saturated rings. The summed E-state index contributed by atoms with van der Waals surface area (Å²) < 4.78 is 0. The summed E-state index contributed by atoms with van der Waals surface area (Å²) in [6, 6.07) is 2.19. The summed E-state index contributed by atoms with van der Waals surface area (Å²) in [5.41, 5.74) is 8.67. The normalized spacial score (nSPS) is 15.6. The van der Waals surface area contributed by atoms with Crippen molar-refractivity contribution in [3.63, 3.8) is 0 Å². The molecule has 0 radical (unpaired) electrons. The number of carbonyl (C=O) groups is 1. The van der Waals surface area contributed by atoms with Crippen LogP contribution in [0.4, 0.5) is 5.69 Å². The zero-order chi connectivity index (χ0) is 11.5. The van der Waals surface area contributed by atoms with Crippen LogP contribution in [0.5, 0.6) is 0 Å². The molecular formula is C12H17N3O. The van der Waals surface area contributed by atoms with E-state index < -0.39 is 0 Å².